The van der Waals surface area contributed by atoms with E-state index in [2.05, 4.69) is 24.9 Å². The van der Waals surface area contributed by atoms with Crippen LogP contribution in [0.2, 0.25) is 0 Å². The zero-order valence-electron chi connectivity index (χ0n) is 6.57. The summed E-state index contributed by atoms with van der Waals surface area (Å²) in [5, 5.41) is 0. The van der Waals surface area contributed by atoms with Gasteiger partial charge in [-0.25, -0.2) is 0 Å². The Morgan fingerprint density at radius 2 is 2.20 bits per heavy atom. The van der Waals surface area contributed by atoms with E-state index in [4.69, 9.17) is 5.73 Å². The van der Waals surface area contributed by atoms with Crippen LogP contribution in [-0.4, -0.2) is 11.5 Å². The molecule has 0 amide bonds. The Bertz CT molecular complexity index is 213. The number of hydrogen-bond acceptors (Lipinski definition) is 1. The summed E-state index contributed by atoms with van der Waals surface area (Å²) in [6.07, 6.45) is 0.982. The van der Waals surface area contributed by atoms with Crippen LogP contribution in [0.4, 0.5) is 0 Å². The first-order valence-electron chi connectivity index (χ1n) is 3.59. The van der Waals surface area contributed by atoms with Gasteiger partial charge >= 0.3 is 0 Å². The molecular formula is C8H14N2. The third-order valence-corrected chi connectivity index (χ3v) is 1.67. The van der Waals surface area contributed by atoms with Crippen LogP contribution in [0.25, 0.3) is 0 Å². The Kier molecular flexibility index (Phi) is 2.12. The number of H-pyrrole nitrogens is 1. The lowest BCUT2D eigenvalue weighted by Gasteiger charge is -1.93. The molecule has 0 radical (unpaired) electrons. The maximum Gasteiger partial charge on any atom is 0.0150 e. The van der Waals surface area contributed by atoms with Gasteiger partial charge in [-0.05, 0) is 38.4 Å². The predicted octanol–water partition coefficient (Wildman–Crippen LogP) is 1.13. The molecule has 0 aliphatic rings. The van der Waals surface area contributed by atoms with Gasteiger partial charge in [-0.2, -0.15) is 0 Å². The van der Waals surface area contributed by atoms with Crippen molar-refractivity contribution in [2.24, 2.45) is 5.73 Å². The number of nitrogens with one attached hydrogen (secondary N) is 1. The normalized spacial score (nSPS) is 10.3. The first kappa shape index (κ1) is 7.35. The molecule has 0 unspecified atom stereocenters. The van der Waals surface area contributed by atoms with E-state index in [1.165, 1.54) is 17.0 Å². The highest BCUT2D eigenvalue weighted by Gasteiger charge is 1.98. The molecular weight excluding hydrogens is 124 g/mol. The third kappa shape index (κ3) is 1.39. The van der Waals surface area contributed by atoms with Gasteiger partial charge in [0.2, 0.25) is 0 Å². The molecule has 1 aromatic rings. The minimum atomic E-state index is 0.734. The van der Waals surface area contributed by atoms with Crippen molar-refractivity contribution < 1.29 is 0 Å². The van der Waals surface area contributed by atoms with Gasteiger partial charge in [0.25, 0.3) is 0 Å². The molecule has 0 saturated carbocycles. The maximum atomic E-state index is 5.42. The van der Waals surface area contributed by atoms with Gasteiger partial charge in [0.1, 0.15) is 0 Å². The summed E-state index contributed by atoms with van der Waals surface area (Å²) in [5.74, 6) is 0. The molecule has 1 rings (SSSR count). The molecule has 2 heteroatoms. The molecule has 0 aromatic carbocycles. The fourth-order valence-electron chi connectivity index (χ4n) is 1.20. The van der Waals surface area contributed by atoms with Crippen molar-refractivity contribution in [3.05, 3.63) is 23.0 Å². The lowest BCUT2D eigenvalue weighted by Crippen LogP contribution is -2.02. The Hall–Kier alpha value is -0.760. The third-order valence-electron chi connectivity index (χ3n) is 1.67. The van der Waals surface area contributed by atoms with Gasteiger partial charge in [-0.1, -0.05) is 0 Å². The van der Waals surface area contributed by atoms with Crippen LogP contribution in [0.1, 0.15) is 17.0 Å². The number of rotatable bonds is 2. The number of aromatic nitrogens is 1. The maximum absolute atomic E-state index is 5.42. The standard InChI is InChI=1S/C8H14N2/c1-6-5-8(3-4-9)7(2)10-6/h5,10H,3-4,9H2,1-2H3. The lowest BCUT2D eigenvalue weighted by atomic mass is 10.2. The average Bonchev–Trinajstić information content (AvgIpc) is 2.13. The minimum absolute atomic E-state index is 0.734. The Morgan fingerprint density at radius 1 is 1.50 bits per heavy atom. The SMILES string of the molecule is Cc1cc(CCN)c(C)[nH]1. The summed E-state index contributed by atoms with van der Waals surface area (Å²) < 4.78 is 0. The van der Waals surface area contributed by atoms with Crippen molar-refractivity contribution in [2.75, 3.05) is 6.54 Å². The summed E-state index contributed by atoms with van der Waals surface area (Å²) in [5.41, 5.74) is 9.25. The van der Waals surface area contributed by atoms with Crippen LogP contribution in [0.5, 0.6) is 0 Å². The topological polar surface area (TPSA) is 41.8 Å². The van der Waals surface area contributed by atoms with E-state index in [-0.39, 0.29) is 0 Å². The van der Waals surface area contributed by atoms with Crippen LogP contribution in [0.3, 0.4) is 0 Å². The zero-order valence-corrected chi connectivity index (χ0v) is 6.57. The highest BCUT2D eigenvalue weighted by molar-refractivity contribution is 5.24. The molecule has 0 aliphatic carbocycles. The van der Waals surface area contributed by atoms with Crippen LogP contribution in [-0.2, 0) is 6.42 Å². The van der Waals surface area contributed by atoms with Crippen LogP contribution >= 0.6 is 0 Å². The van der Waals surface area contributed by atoms with E-state index >= 15 is 0 Å². The van der Waals surface area contributed by atoms with Gasteiger partial charge < -0.3 is 10.7 Å². The molecule has 1 heterocycles. The Balaban J connectivity index is 2.81. The van der Waals surface area contributed by atoms with Gasteiger partial charge in [-0.15, -0.1) is 0 Å². The fraction of sp³-hybridized carbons (Fsp3) is 0.500. The number of nitrogens with two attached hydrogens (primary N) is 1. The van der Waals surface area contributed by atoms with E-state index in [1.807, 2.05) is 0 Å². The summed E-state index contributed by atoms with van der Waals surface area (Å²) >= 11 is 0. The van der Waals surface area contributed by atoms with E-state index < -0.39 is 0 Å². The first-order valence-corrected chi connectivity index (χ1v) is 3.59. The summed E-state index contributed by atoms with van der Waals surface area (Å²) in [6.45, 7) is 4.88. The highest BCUT2D eigenvalue weighted by atomic mass is 14.7. The number of aryl methyl sites for hydroxylation is 2. The van der Waals surface area contributed by atoms with Crippen molar-refractivity contribution in [3.63, 3.8) is 0 Å². The molecule has 0 atom stereocenters. The molecule has 2 nitrogen and oxygen atoms in total. The summed E-state index contributed by atoms with van der Waals surface area (Å²) in [6, 6.07) is 2.15. The molecule has 0 spiro atoms. The predicted molar refractivity (Wildman–Crippen MR) is 43.0 cm³/mol. The average molecular weight is 138 g/mol. The molecule has 1 aromatic heterocycles. The molecule has 10 heavy (non-hydrogen) atoms. The van der Waals surface area contributed by atoms with E-state index in [0.29, 0.717) is 0 Å². The minimum Gasteiger partial charge on any atom is -0.362 e. The second kappa shape index (κ2) is 2.88. The molecule has 0 fully saturated rings. The van der Waals surface area contributed by atoms with Gasteiger partial charge in [0, 0.05) is 11.4 Å². The van der Waals surface area contributed by atoms with Crippen molar-refractivity contribution in [2.45, 2.75) is 20.3 Å². The monoisotopic (exact) mass is 138 g/mol. The highest BCUT2D eigenvalue weighted by Crippen LogP contribution is 2.08. The number of hydrogen-bond donors (Lipinski definition) is 2. The summed E-state index contributed by atoms with van der Waals surface area (Å²) in [4.78, 5) is 3.24. The number of aromatic amines is 1. The van der Waals surface area contributed by atoms with Gasteiger partial charge in [-0.3, -0.25) is 0 Å². The zero-order chi connectivity index (χ0) is 7.56. The van der Waals surface area contributed by atoms with Crippen molar-refractivity contribution in [1.82, 2.24) is 4.98 Å². The first-order chi connectivity index (χ1) is 4.74. The quantitative estimate of drug-likeness (QED) is 0.632. The van der Waals surface area contributed by atoms with Gasteiger partial charge in [0.15, 0.2) is 0 Å². The molecule has 56 valence electrons. The largest absolute Gasteiger partial charge is 0.362 e. The Morgan fingerprint density at radius 3 is 2.60 bits per heavy atom. The van der Waals surface area contributed by atoms with E-state index in [1.54, 1.807) is 0 Å². The lowest BCUT2D eigenvalue weighted by molar-refractivity contribution is 0.957. The summed E-state index contributed by atoms with van der Waals surface area (Å²) in [7, 11) is 0. The van der Waals surface area contributed by atoms with Crippen LogP contribution in [0, 0.1) is 13.8 Å². The molecule has 0 aliphatic heterocycles. The van der Waals surface area contributed by atoms with Gasteiger partial charge in [0.05, 0.1) is 0 Å². The second-order valence-electron chi connectivity index (χ2n) is 2.64. The van der Waals surface area contributed by atoms with Crippen LogP contribution < -0.4 is 5.73 Å². The van der Waals surface area contributed by atoms with Crippen molar-refractivity contribution in [1.29, 1.82) is 0 Å². The second-order valence-corrected chi connectivity index (χ2v) is 2.64. The Labute approximate surface area is 61.4 Å². The van der Waals surface area contributed by atoms with Crippen molar-refractivity contribution in [3.8, 4) is 0 Å². The molecule has 0 saturated heterocycles. The van der Waals surface area contributed by atoms with Crippen molar-refractivity contribution >= 4 is 0 Å². The van der Waals surface area contributed by atoms with E-state index in [9.17, 15) is 0 Å². The molecule has 0 bridgehead atoms. The van der Waals surface area contributed by atoms with Crippen LogP contribution in [0.15, 0.2) is 6.07 Å². The molecule has 3 N–H and O–H groups in total. The fourth-order valence-corrected chi connectivity index (χ4v) is 1.20. The smallest absolute Gasteiger partial charge is 0.0150 e. The van der Waals surface area contributed by atoms with E-state index in [0.717, 1.165) is 13.0 Å².